The topological polar surface area (TPSA) is 73.9 Å². The molecular formula is C21H34NO5PSi. The van der Waals surface area contributed by atoms with Gasteiger partial charge in [0.25, 0.3) is 0 Å². The molecule has 29 heavy (non-hydrogen) atoms. The molecule has 0 fully saturated rings. The number of carbonyl (C=O) groups is 1. The zero-order chi connectivity index (χ0) is 22.3. The number of hydrogen-bond acceptors (Lipinski definition) is 5. The van der Waals surface area contributed by atoms with Crippen molar-refractivity contribution < 1.29 is 23.1 Å². The number of rotatable bonds is 7. The fourth-order valence-corrected chi connectivity index (χ4v) is 4.66. The highest BCUT2D eigenvalue weighted by Gasteiger charge is 2.30. The van der Waals surface area contributed by atoms with Gasteiger partial charge in [-0.3, -0.25) is 4.57 Å². The molecule has 0 bridgehead atoms. The normalized spacial score (nSPS) is 12.1. The molecule has 1 amide bonds. The van der Waals surface area contributed by atoms with E-state index in [1.54, 1.807) is 46.8 Å². The molecule has 1 N–H and O–H groups in total. The molecule has 8 heteroatoms. The maximum Gasteiger partial charge on any atom is 0.407 e. The van der Waals surface area contributed by atoms with E-state index >= 15 is 0 Å². The molecule has 1 aromatic carbocycles. The van der Waals surface area contributed by atoms with Crippen molar-refractivity contribution in [3.63, 3.8) is 0 Å². The molecule has 0 unspecified atom stereocenters. The first-order valence-corrected chi connectivity index (χ1v) is 14.9. The summed E-state index contributed by atoms with van der Waals surface area (Å²) >= 11 is 0. The fourth-order valence-electron chi connectivity index (χ4n) is 2.30. The van der Waals surface area contributed by atoms with E-state index in [1.807, 2.05) is 6.07 Å². The summed E-state index contributed by atoms with van der Waals surface area (Å²) in [6.45, 7) is 16.0. The summed E-state index contributed by atoms with van der Waals surface area (Å²) in [6, 6.07) is 5.39. The van der Waals surface area contributed by atoms with Crippen molar-refractivity contribution in [3.05, 3.63) is 29.3 Å². The van der Waals surface area contributed by atoms with Gasteiger partial charge in [-0.2, -0.15) is 0 Å². The highest BCUT2D eigenvalue weighted by molar-refractivity contribution is 7.62. The third-order valence-corrected chi connectivity index (χ3v) is 6.46. The third kappa shape index (κ3) is 9.18. The summed E-state index contributed by atoms with van der Waals surface area (Å²) in [5.41, 5.74) is 4.08. The largest absolute Gasteiger partial charge is 0.444 e. The smallest absolute Gasteiger partial charge is 0.407 e. The molecule has 1 aromatic rings. The Morgan fingerprint density at radius 1 is 1.14 bits per heavy atom. The maximum atomic E-state index is 13.4. The Bertz CT molecular complexity index is 805. The second kappa shape index (κ2) is 10.4. The molecule has 6 nitrogen and oxygen atoms in total. The van der Waals surface area contributed by atoms with E-state index in [9.17, 15) is 9.36 Å². The van der Waals surface area contributed by atoms with E-state index in [0.717, 1.165) is 5.56 Å². The van der Waals surface area contributed by atoms with Gasteiger partial charge in [-0.05, 0) is 52.3 Å². The quantitative estimate of drug-likeness (QED) is 0.374. The lowest BCUT2D eigenvalue weighted by atomic mass is 10.1. The van der Waals surface area contributed by atoms with Crippen molar-refractivity contribution >= 4 is 27.1 Å². The minimum atomic E-state index is -3.55. The molecule has 0 spiro atoms. The Kier molecular flexibility index (Phi) is 9.17. The minimum Gasteiger partial charge on any atom is -0.444 e. The van der Waals surface area contributed by atoms with Crippen molar-refractivity contribution in [2.24, 2.45) is 0 Å². The molecule has 1 rings (SSSR count). The van der Waals surface area contributed by atoms with Gasteiger partial charge in [0.15, 0.2) is 0 Å². The van der Waals surface area contributed by atoms with Crippen LogP contribution < -0.4 is 10.6 Å². The molecule has 0 radical (unpaired) electrons. The van der Waals surface area contributed by atoms with Crippen LogP contribution in [0.25, 0.3) is 0 Å². The van der Waals surface area contributed by atoms with Gasteiger partial charge >= 0.3 is 13.7 Å². The number of amides is 1. The lowest BCUT2D eigenvalue weighted by Gasteiger charge is -2.22. The lowest BCUT2D eigenvalue weighted by molar-refractivity contribution is 0.0523. The first-order chi connectivity index (χ1) is 13.3. The maximum absolute atomic E-state index is 13.4. The van der Waals surface area contributed by atoms with E-state index in [-0.39, 0.29) is 19.8 Å². The Morgan fingerprint density at radius 3 is 2.21 bits per heavy atom. The number of alkyl carbamates (subject to hydrolysis) is 1. The zero-order valence-corrected chi connectivity index (χ0v) is 20.7. The van der Waals surface area contributed by atoms with Crippen molar-refractivity contribution in [3.8, 4) is 11.5 Å². The first-order valence-electron chi connectivity index (χ1n) is 9.82. The monoisotopic (exact) mass is 439 g/mol. The lowest BCUT2D eigenvalue weighted by Crippen LogP contribution is -2.33. The molecule has 0 saturated heterocycles. The van der Waals surface area contributed by atoms with Crippen LogP contribution >= 0.6 is 7.60 Å². The van der Waals surface area contributed by atoms with E-state index in [2.05, 4.69) is 36.4 Å². The van der Waals surface area contributed by atoms with Crippen molar-refractivity contribution in [1.82, 2.24) is 5.32 Å². The standard InChI is InChI=1S/C21H34NO5PSi/c1-9-25-28(24,26-10-2)19-15-17(13-14-29(6,7)8)11-12-18(19)16-22-20(23)27-21(3,4)5/h11-12,15H,9-10,16H2,1-8H3,(H,22,23). The average molecular weight is 440 g/mol. The number of benzene rings is 1. The average Bonchev–Trinajstić information content (AvgIpc) is 2.56. The van der Waals surface area contributed by atoms with Gasteiger partial charge in [0.2, 0.25) is 0 Å². The van der Waals surface area contributed by atoms with Crippen molar-refractivity contribution in [2.75, 3.05) is 13.2 Å². The fraction of sp³-hybridized carbons (Fsp3) is 0.571. The van der Waals surface area contributed by atoms with Crippen LogP contribution in [-0.4, -0.2) is 33.0 Å². The van der Waals surface area contributed by atoms with Gasteiger partial charge < -0.3 is 19.1 Å². The molecule has 162 valence electrons. The second-order valence-electron chi connectivity index (χ2n) is 8.53. The summed E-state index contributed by atoms with van der Waals surface area (Å²) in [5, 5.41) is 3.12. The molecule has 0 aromatic heterocycles. The van der Waals surface area contributed by atoms with Gasteiger partial charge in [-0.25, -0.2) is 4.79 Å². The summed E-state index contributed by atoms with van der Waals surface area (Å²) < 4.78 is 29.8. The van der Waals surface area contributed by atoms with Gasteiger partial charge in [-0.1, -0.05) is 31.6 Å². The van der Waals surface area contributed by atoms with Gasteiger partial charge in [0.05, 0.1) is 18.5 Å². The summed E-state index contributed by atoms with van der Waals surface area (Å²) in [5.74, 6) is 3.17. The van der Waals surface area contributed by atoms with Crippen LogP contribution in [0.3, 0.4) is 0 Å². The Hall–Kier alpha value is -1.58. The molecule has 0 aliphatic carbocycles. The minimum absolute atomic E-state index is 0.135. The first kappa shape index (κ1) is 25.5. The van der Waals surface area contributed by atoms with E-state index in [0.29, 0.717) is 10.9 Å². The zero-order valence-electron chi connectivity index (χ0n) is 18.8. The number of hydrogen-bond donors (Lipinski definition) is 1. The van der Waals surface area contributed by atoms with E-state index < -0.39 is 27.4 Å². The Balaban J connectivity index is 3.30. The van der Waals surface area contributed by atoms with Crippen molar-refractivity contribution in [1.29, 1.82) is 0 Å². The Labute approximate surface area is 176 Å². The van der Waals surface area contributed by atoms with E-state index in [4.69, 9.17) is 13.8 Å². The second-order valence-corrected chi connectivity index (χ2v) is 15.3. The highest BCUT2D eigenvalue weighted by Crippen LogP contribution is 2.47. The molecule has 0 heterocycles. The van der Waals surface area contributed by atoms with Crippen molar-refractivity contribution in [2.45, 2.75) is 66.4 Å². The molecule has 0 aliphatic rings. The SMILES string of the molecule is CCOP(=O)(OCC)c1cc(C#C[Si](C)(C)C)ccc1CNC(=O)OC(C)(C)C. The van der Waals surface area contributed by atoms with Crippen LogP contribution in [0.2, 0.25) is 19.6 Å². The van der Waals surface area contributed by atoms with Gasteiger partial charge in [0.1, 0.15) is 13.7 Å². The summed E-state index contributed by atoms with van der Waals surface area (Å²) in [7, 11) is -5.12. The Morgan fingerprint density at radius 2 is 1.72 bits per heavy atom. The van der Waals surface area contributed by atoms with Crippen LogP contribution in [0.4, 0.5) is 4.79 Å². The summed E-state index contributed by atoms with van der Waals surface area (Å²) in [4.78, 5) is 12.0. The number of nitrogens with one attached hydrogen (secondary N) is 1. The van der Waals surface area contributed by atoms with Gasteiger partial charge in [0, 0.05) is 12.1 Å². The van der Waals surface area contributed by atoms with E-state index in [1.165, 1.54) is 0 Å². The predicted octanol–water partition coefficient (Wildman–Crippen LogP) is 4.83. The predicted molar refractivity (Wildman–Crippen MR) is 120 cm³/mol. The van der Waals surface area contributed by atoms with Crippen LogP contribution in [-0.2, 0) is 24.9 Å². The van der Waals surface area contributed by atoms with Crippen LogP contribution in [0.1, 0.15) is 45.7 Å². The van der Waals surface area contributed by atoms with Crippen LogP contribution in [0.5, 0.6) is 0 Å². The number of ether oxygens (including phenoxy) is 1. The van der Waals surface area contributed by atoms with Gasteiger partial charge in [-0.15, -0.1) is 5.54 Å². The molecule has 0 saturated carbocycles. The number of carbonyl (C=O) groups excluding carboxylic acids is 1. The van der Waals surface area contributed by atoms with Crippen LogP contribution in [0, 0.1) is 11.5 Å². The molecular weight excluding hydrogens is 405 g/mol. The van der Waals surface area contributed by atoms with Crippen LogP contribution in [0.15, 0.2) is 18.2 Å². The summed E-state index contributed by atoms with van der Waals surface area (Å²) in [6.07, 6.45) is -0.547. The molecule has 0 aliphatic heterocycles. The molecule has 0 atom stereocenters. The third-order valence-electron chi connectivity index (χ3n) is 3.38. The highest BCUT2D eigenvalue weighted by atomic mass is 31.2.